The number of hydrogen-bond acceptors (Lipinski definition) is 3. The molecule has 1 unspecified atom stereocenters. The Labute approximate surface area is 144 Å². The summed E-state index contributed by atoms with van der Waals surface area (Å²) in [5, 5.41) is 12.3. The van der Waals surface area contributed by atoms with Gasteiger partial charge in [0, 0.05) is 17.5 Å². The van der Waals surface area contributed by atoms with Gasteiger partial charge in [0.15, 0.2) is 0 Å². The highest BCUT2D eigenvalue weighted by atomic mass is 19.4. The molecule has 0 aromatic heterocycles. The molecule has 0 aliphatic carbocycles. The number of carboxylic acids is 1. The lowest BCUT2D eigenvalue weighted by Crippen LogP contribution is -2.40. The molecule has 4 nitrogen and oxygen atoms in total. The Hall–Kier alpha value is -2.02. The normalized spacial score (nSPS) is 17.5. The summed E-state index contributed by atoms with van der Waals surface area (Å²) in [4.78, 5) is 11.1. The Balaban J connectivity index is 2.36. The number of alkyl halides is 3. The van der Waals surface area contributed by atoms with Gasteiger partial charge in [-0.25, -0.2) is 4.79 Å². The fraction of sp³-hybridized carbons (Fsp3) is 0.500. The van der Waals surface area contributed by atoms with Crippen LogP contribution in [0.2, 0.25) is 0 Å². The van der Waals surface area contributed by atoms with Crippen LogP contribution < -0.4 is 10.1 Å². The summed E-state index contributed by atoms with van der Waals surface area (Å²) in [6.07, 6.45) is -5.24. The van der Waals surface area contributed by atoms with Crippen molar-refractivity contribution in [3.63, 3.8) is 0 Å². The predicted octanol–water partition coefficient (Wildman–Crippen LogP) is 3.76. The third-order valence-corrected chi connectivity index (χ3v) is 4.17. The Kier molecular flexibility index (Phi) is 5.46. The first-order valence-electron chi connectivity index (χ1n) is 8.10. The van der Waals surface area contributed by atoms with Gasteiger partial charge in [-0.15, -0.1) is 0 Å². The molecule has 1 atom stereocenters. The van der Waals surface area contributed by atoms with Crippen LogP contribution in [0.25, 0.3) is 6.08 Å². The van der Waals surface area contributed by atoms with Gasteiger partial charge in [0.25, 0.3) is 0 Å². The number of hydrogen-bond donors (Lipinski definition) is 2. The molecule has 0 saturated carbocycles. The summed E-state index contributed by atoms with van der Waals surface area (Å²) in [6, 6.07) is 4.96. The molecule has 1 heterocycles. The molecule has 0 amide bonds. The molecule has 1 aromatic carbocycles. The van der Waals surface area contributed by atoms with Crippen molar-refractivity contribution in [1.82, 2.24) is 5.32 Å². The van der Waals surface area contributed by atoms with Crippen LogP contribution in [0.5, 0.6) is 5.75 Å². The highest BCUT2D eigenvalue weighted by Gasteiger charge is 2.48. The minimum Gasteiger partial charge on any atom is -0.478 e. The second-order valence-electron chi connectivity index (χ2n) is 6.76. The van der Waals surface area contributed by atoms with Crippen LogP contribution >= 0.6 is 0 Å². The van der Waals surface area contributed by atoms with Gasteiger partial charge < -0.3 is 15.2 Å². The van der Waals surface area contributed by atoms with E-state index in [0.29, 0.717) is 12.1 Å². The van der Waals surface area contributed by atoms with E-state index in [1.54, 1.807) is 18.2 Å². The van der Waals surface area contributed by atoms with Crippen molar-refractivity contribution < 1.29 is 27.8 Å². The van der Waals surface area contributed by atoms with Gasteiger partial charge in [-0.1, -0.05) is 32.9 Å². The molecule has 1 aliphatic rings. The number of rotatable bonds is 6. The molecule has 0 saturated heterocycles. The summed E-state index contributed by atoms with van der Waals surface area (Å²) in [5.41, 5.74) is 0.0384. The standard InChI is InChI=1S/C18H22F3NO3/c1-4-7-22-10-17(2,3)12-6-5-11-8-13(16(23)24)15(18(19,20)21)25-14(11)9-12/h5-6,8-9,15,22H,4,7,10H2,1-3H3,(H,23,24). The summed E-state index contributed by atoms with van der Waals surface area (Å²) in [7, 11) is 0. The van der Waals surface area contributed by atoms with E-state index < -0.39 is 23.8 Å². The lowest BCUT2D eigenvalue weighted by molar-refractivity contribution is -0.187. The number of fused-ring (bicyclic) bond motifs is 1. The number of carbonyl (C=O) groups is 1. The molecule has 25 heavy (non-hydrogen) atoms. The van der Waals surface area contributed by atoms with Crippen molar-refractivity contribution >= 4 is 12.0 Å². The molecule has 2 rings (SSSR count). The van der Waals surface area contributed by atoms with Crippen molar-refractivity contribution in [2.24, 2.45) is 0 Å². The predicted molar refractivity (Wildman–Crippen MR) is 88.7 cm³/mol. The maximum Gasteiger partial charge on any atom is 0.430 e. The molecule has 138 valence electrons. The van der Waals surface area contributed by atoms with E-state index in [-0.39, 0.29) is 11.2 Å². The molecular formula is C18H22F3NO3. The quantitative estimate of drug-likeness (QED) is 0.761. The third kappa shape index (κ3) is 4.34. The zero-order chi connectivity index (χ0) is 18.8. The van der Waals surface area contributed by atoms with Gasteiger partial charge in [0.1, 0.15) is 5.75 Å². The topological polar surface area (TPSA) is 58.6 Å². The first-order chi connectivity index (χ1) is 11.6. The van der Waals surface area contributed by atoms with Gasteiger partial charge in [-0.2, -0.15) is 13.2 Å². The van der Waals surface area contributed by atoms with Gasteiger partial charge in [-0.3, -0.25) is 0 Å². The minimum absolute atomic E-state index is 0.0494. The molecule has 1 aromatic rings. The lowest BCUT2D eigenvalue weighted by Gasteiger charge is -2.30. The zero-order valence-corrected chi connectivity index (χ0v) is 14.4. The molecule has 1 aliphatic heterocycles. The van der Waals surface area contributed by atoms with Crippen LogP contribution in [0.1, 0.15) is 38.3 Å². The van der Waals surface area contributed by atoms with E-state index in [2.05, 4.69) is 12.2 Å². The van der Waals surface area contributed by atoms with Crippen LogP contribution in [0.3, 0.4) is 0 Å². The van der Waals surface area contributed by atoms with E-state index in [1.165, 1.54) is 0 Å². The number of carboxylic acid groups (broad SMARTS) is 1. The van der Waals surface area contributed by atoms with Crippen molar-refractivity contribution in [2.45, 2.75) is 44.9 Å². The summed E-state index contributed by atoms with van der Waals surface area (Å²) in [5.74, 6) is -1.59. The number of aliphatic carboxylic acids is 1. The summed E-state index contributed by atoms with van der Waals surface area (Å²) >= 11 is 0. The summed E-state index contributed by atoms with van der Waals surface area (Å²) < 4.78 is 44.5. The largest absolute Gasteiger partial charge is 0.478 e. The number of benzene rings is 1. The van der Waals surface area contributed by atoms with Crippen LogP contribution in [0, 0.1) is 0 Å². The van der Waals surface area contributed by atoms with Gasteiger partial charge in [-0.05, 0) is 30.7 Å². The van der Waals surface area contributed by atoms with E-state index in [9.17, 15) is 18.0 Å². The molecule has 0 radical (unpaired) electrons. The van der Waals surface area contributed by atoms with Gasteiger partial charge in [0.05, 0.1) is 5.57 Å². The Morgan fingerprint density at radius 1 is 1.32 bits per heavy atom. The summed E-state index contributed by atoms with van der Waals surface area (Å²) in [6.45, 7) is 7.54. The molecule has 2 N–H and O–H groups in total. The Morgan fingerprint density at radius 3 is 2.56 bits per heavy atom. The number of nitrogens with one attached hydrogen (secondary N) is 1. The highest BCUT2D eigenvalue weighted by Crippen LogP contribution is 2.39. The highest BCUT2D eigenvalue weighted by molar-refractivity contribution is 5.95. The third-order valence-electron chi connectivity index (χ3n) is 4.17. The average Bonchev–Trinajstić information content (AvgIpc) is 2.52. The second kappa shape index (κ2) is 7.07. The van der Waals surface area contributed by atoms with E-state index >= 15 is 0 Å². The van der Waals surface area contributed by atoms with E-state index in [1.807, 2.05) is 13.8 Å². The monoisotopic (exact) mass is 357 g/mol. The number of halogens is 3. The van der Waals surface area contributed by atoms with Crippen LogP contribution in [-0.2, 0) is 10.2 Å². The fourth-order valence-electron chi connectivity index (χ4n) is 2.71. The van der Waals surface area contributed by atoms with Gasteiger partial charge >= 0.3 is 12.1 Å². The molecule has 0 fully saturated rings. The zero-order valence-electron chi connectivity index (χ0n) is 14.4. The van der Waals surface area contributed by atoms with Crippen molar-refractivity contribution in [3.05, 3.63) is 34.9 Å². The average molecular weight is 357 g/mol. The molecule has 0 spiro atoms. The van der Waals surface area contributed by atoms with E-state index in [0.717, 1.165) is 24.6 Å². The first-order valence-corrected chi connectivity index (χ1v) is 8.10. The maximum absolute atomic E-state index is 13.1. The molecule has 0 bridgehead atoms. The smallest absolute Gasteiger partial charge is 0.430 e. The first kappa shape index (κ1) is 19.3. The molecular weight excluding hydrogens is 335 g/mol. The Morgan fingerprint density at radius 2 is 2.00 bits per heavy atom. The SMILES string of the molecule is CCCNCC(C)(C)c1ccc2c(c1)OC(C(F)(F)F)C(C(=O)O)=C2. The van der Waals surface area contributed by atoms with Crippen molar-refractivity contribution in [1.29, 1.82) is 0 Å². The van der Waals surface area contributed by atoms with Gasteiger partial charge in [0.2, 0.25) is 6.10 Å². The van der Waals surface area contributed by atoms with Crippen LogP contribution in [0.4, 0.5) is 13.2 Å². The van der Waals surface area contributed by atoms with Crippen molar-refractivity contribution in [3.8, 4) is 5.75 Å². The number of ether oxygens (including phenoxy) is 1. The second-order valence-corrected chi connectivity index (χ2v) is 6.76. The fourth-order valence-corrected chi connectivity index (χ4v) is 2.71. The minimum atomic E-state index is -4.80. The van der Waals surface area contributed by atoms with E-state index in [4.69, 9.17) is 9.84 Å². The van der Waals surface area contributed by atoms with Crippen molar-refractivity contribution in [2.75, 3.05) is 13.1 Å². The van der Waals surface area contributed by atoms with Crippen LogP contribution in [0.15, 0.2) is 23.8 Å². The molecule has 7 heteroatoms. The van der Waals surface area contributed by atoms with Crippen LogP contribution in [-0.4, -0.2) is 36.4 Å². The maximum atomic E-state index is 13.1. The lowest BCUT2D eigenvalue weighted by atomic mass is 9.83. The Bertz CT molecular complexity index is 681.